The monoisotopic (exact) mass is 235 g/mol. The Kier molecular flexibility index (Phi) is 2.97. The minimum atomic E-state index is -0.812. The van der Waals surface area contributed by atoms with Gasteiger partial charge in [0.05, 0.1) is 0 Å². The minimum absolute atomic E-state index is 0.437. The molecule has 0 aliphatic carbocycles. The van der Waals surface area contributed by atoms with Crippen molar-refractivity contribution >= 4 is 28.5 Å². The number of nitrogens with two attached hydrogens (primary N) is 1. The Balaban J connectivity index is 2.51. The van der Waals surface area contributed by atoms with E-state index in [1.165, 1.54) is 0 Å². The van der Waals surface area contributed by atoms with E-state index in [0.29, 0.717) is 11.6 Å². The number of halogens is 1. The van der Waals surface area contributed by atoms with E-state index in [9.17, 15) is 4.79 Å². The first-order chi connectivity index (χ1) is 7.70. The molecule has 0 fully saturated rings. The van der Waals surface area contributed by atoms with Gasteiger partial charge in [0.15, 0.2) is 0 Å². The summed E-state index contributed by atoms with van der Waals surface area (Å²) in [6.45, 7) is 0. The van der Waals surface area contributed by atoms with E-state index in [1.807, 2.05) is 24.3 Å². The van der Waals surface area contributed by atoms with Crippen LogP contribution in [0.5, 0.6) is 5.75 Å². The van der Waals surface area contributed by atoms with E-state index in [0.717, 1.165) is 16.3 Å². The highest BCUT2D eigenvalue weighted by Crippen LogP contribution is 2.24. The maximum atomic E-state index is 10.6. The number of alkyl halides is 1. The van der Waals surface area contributed by atoms with Crippen LogP contribution in [0.15, 0.2) is 36.4 Å². The molecule has 2 aromatic rings. The van der Waals surface area contributed by atoms with Crippen molar-refractivity contribution in [2.45, 2.75) is 5.88 Å². The van der Waals surface area contributed by atoms with Crippen LogP contribution in [0, 0.1) is 0 Å². The quantitative estimate of drug-likeness (QED) is 0.814. The molecule has 1 amide bonds. The van der Waals surface area contributed by atoms with Crippen LogP contribution >= 0.6 is 11.6 Å². The summed E-state index contributed by atoms with van der Waals surface area (Å²) in [6, 6.07) is 11.1. The summed E-state index contributed by atoms with van der Waals surface area (Å²) in [5.74, 6) is 0.889. The molecule has 2 aromatic carbocycles. The number of carbonyl (C=O) groups excluding carboxylic acids is 1. The lowest BCUT2D eigenvalue weighted by atomic mass is 10.1. The molecular formula is C12H10ClNO2. The van der Waals surface area contributed by atoms with E-state index < -0.39 is 6.09 Å². The fraction of sp³-hybridized carbons (Fsp3) is 0.0833. The first-order valence-electron chi connectivity index (χ1n) is 4.75. The molecule has 0 heterocycles. The Bertz CT molecular complexity index is 540. The zero-order valence-electron chi connectivity index (χ0n) is 8.44. The molecule has 0 saturated carbocycles. The van der Waals surface area contributed by atoms with E-state index in [-0.39, 0.29) is 0 Å². The van der Waals surface area contributed by atoms with Gasteiger partial charge in [0.1, 0.15) is 5.75 Å². The van der Waals surface area contributed by atoms with Crippen LogP contribution in [0.1, 0.15) is 5.56 Å². The predicted octanol–water partition coefficient (Wildman–Crippen LogP) is 3.04. The Morgan fingerprint density at radius 1 is 1.31 bits per heavy atom. The summed E-state index contributed by atoms with van der Waals surface area (Å²) < 4.78 is 4.80. The molecule has 0 aliphatic heterocycles. The van der Waals surface area contributed by atoms with Crippen LogP contribution in [-0.2, 0) is 5.88 Å². The summed E-state index contributed by atoms with van der Waals surface area (Å²) in [5.41, 5.74) is 5.99. The highest BCUT2D eigenvalue weighted by atomic mass is 35.5. The van der Waals surface area contributed by atoms with E-state index >= 15 is 0 Å². The van der Waals surface area contributed by atoms with Gasteiger partial charge in [0.2, 0.25) is 0 Å². The molecule has 0 saturated heterocycles. The molecule has 0 unspecified atom stereocenters. The summed E-state index contributed by atoms with van der Waals surface area (Å²) in [5, 5.41) is 2.02. The number of fused-ring (bicyclic) bond motifs is 1. The Hall–Kier alpha value is -1.74. The van der Waals surface area contributed by atoms with E-state index in [1.54, 1.807) is 12.1 Å². The third-order valence-electron chi connectivity index (χ3n) is 2.30. The number of carbonyl (C=O) groups is 1. The normalized spacial score (nSPS) is 10.3. The molecule has 0 radical (unpaired) electrons. The Labute approximate surface area is 97.8 Å². The SMILES string of the molecule is NC(=O)Oc1ccc2c(CCl)cccc2c1. The van der Waals surface area contributed by atoms with Gasteiger partial charge in [-0.2, -0.15) is 0 Å². The fourth-order valence-electron chi connectivity index (χ4n) is 1.63. The number of rotatable bonds is 2. The maximum Gasteiger partial charge on any atom is 0.409 e. The molecule has 0 spiro atoms. The largest absolute Gasteiger partial charge is 0.410 e. The van der Waals surface area contributed by atoms with Gasteiger partial charge in [-0.05, 0) is 28.5 Å². The zero-order valence-corrected chi connectivity index (χ0v) is 9.20. The average molecular weight is 236 g/mol. The molecule has 3 nitrogen and oxygen atoms in total. The van der Waals surface area contributed by atoms with Crippen molar-refractivity contribution in [3.8, 4) is 5.75 Å². The summed E-state index contributed by atoms with van der Waals surface area (Å²) >= 11 is 5.82. The van der Waals surface area contributed by atoms with Crippen molar-refractivity contribution in [1.29, 1.82) is 0 Å². The fourth-order valence-corrected chi connectivity index (χ4v) is 1.86. The maximum absolute atomic E-state index is 10.6. The number of hydrogen-bond donors (Lipinski definition) is 1. The van der Waals surface area contributed by atoms with Crippen LogP contribution < -0.4 is 10.5 Å². The van der Waals surface area contributed by atoms with Crippen molar-refractivity contribution in [2.75, 3.05) is 0 Å². The summed E-state index contributed by atoms with van der Waals surface area (Å²) in [6.07, 6.45) is -0.812. The molecule has 0 atom stereocenters. The second-order valence-electron chi connectivity index (χ2n) is 3.35. The first-order valence-corrected chi connectivity index (χ1v) is 5.29. The molecule has 2 N–H and O–H groups in total. The standard InChI is InChI=1S/C12H10ClNO2/c13-7-9-3-1-2-8-6-10(16-12(14)15)4-5-11(8)9/h1-6H,7H2,(H2,14,15). The van der Waals surface area contributed by atoms with Crippen LogP contribution in [0.25, 0.3) is 10.8 Å². The minimum Gasteiger partial charge on any atom is -0.410 e. The summed E-state index contributed by atoms with van der Waals surface area (Å²) in [4.78, 5) is 10.6. The van der Waals surface area contributed by atoms with Crippen LogP contribution in [0.4, 0.5) is 4.79 Å². The Morgan fingerprint density at radius 3 is 2.81 bits per heavy atom. The van der Waals surface area contributed by atoms with Gasteiger partial charge in [-0.25, -0.2) is 4.79 Å². The smallest absolute Gasteiger partial charge is 0.409 e. The topological polar surface area (TPSA) is 52.3 Å². The lowest BCUT2D eigenvalue weighted by Gasteiger charge is -2.05. The zero-order chi connectivity index (χ0) is 11.5. The highest BCUT2D eigenvalue weighted by Gasteiger charge is 2.03. The van der Waals surface area contributed by atoms with Crippen LogP contribution in [-0.4, -0.2) is 6.09 Å². The highest BCUT2D eigenvalue weighted by molar-refractivity contribution is 6.18. The number of primary amides is 1. The van der Waals surface area contributed by atoms with Gasteiger partial charge in [-0.15, -0.1) is 11.6 Å². The predicted molar refractivity (Wildman–Crippen MR) is 63.7 cm³/mol. The first kappa shape index (κ1) is 10.8. The Morgan fingerprint density at radius 2 is 2.12 bits per heavy atom. The van der Waals surface area contributed by atoms with Crippen LogP contribution in [0.2, 0.25) is 0 Å². The molecule has 4 heteroatoms. The van der Waals surface area contributed by atoms with Crippen molar-refractivity contribution < 1.29 is 9.53 Å². The summed E-state index contributed by atoms with van der Waals surface area (Å²) in [7, 11) is 0. The molecule has 0 aromatic heterocycles. The molecule has 0 aliphatic rings. The molecule has 2 rings (SSSR count). The van der Waals surface area contributed by atoms with Crippen molar-refractivity contribution in [3.63, 3.8) is 0 Å². The third kappa shape index (κ3) is 2.09. The van der Waals surface area contributed by atoms with Gasteiger partial charge in [0, 0.05) is 5.88 Å². The van der Waals surface area contributed by atoms with Gasteiger partial charge in [0.25, 0.3) is 0 Å². The van der Waals surface area contributed by atoms with Gasteiger partial charge in [-0.3, -0.25) is 0 Å². The van der Waals surface area contributed by atoms with Gasteiger partial charge < -0.3 is 10.5 Å². The number of ether oxygens (including phenoxy) is 1. The second kappa shape index (κ2) is 4.41. The molecular weight excluding hydrogens is 226 g/mol. The van der Waals surface area contributed by atoms with Crippen molar-refractivity contribution in [3.05, 3.63) is 42.0 Å². The third-order valence-corrected chi connectivity index (χ3v) is 2.59. The van der Waals surface area contributed by atoms with Crippen molar-refractivity contribution in [1.82, 2.24) is 0 Å². The number of benzene rings is 2. The molecule has 0 bridgehead atoms. The lowest BCUT2D eigenvalue weighted by molar-refractivity contribution is 0.211. The second-order valence-corrected chi connectivity index (χ2v) is 3.62. The number of hydrogen-bond acceptors (Lipinski definition) is 2. The van der Waals surface area contributed by atoms with E-state index in [2.05, 4.69) is 0 Å². The van der Waals surface area contributed by atoms with Gasteiger partial charge in [-0.1, -0.05) is 24.3 Å². The number of amides is 1. The van der Waals surface area contributed by atoms with E-state index in [4.69, 9.17) is 22.1 Å². The van der Waals surface area contributed by atoms with Crippen molar-refractivity contribution in [2.24, 2.45) is 5.73 Å². The average Bonchev–Trinajstić information content (AvgIpc) is 2.27. The lowest BCUT2D eigenvalue weighted by Crippen LogP contribution is -2.16. The van der Waals surface area contributed by atoms with Crippen LogP contribution in [0.3, 0.4) is 0 Å². The molecule has 16 heavy (non-hydrogen) atoms. The molecule has 82 valence electrons. The van der Waals surface area contributed by atoms with Gasteiger partial charge >= 0.3 is 6.09 Å².